The van der Waals surface area contributed by atoms with Crippen LogP contribution in [0.3, 0.4) is 0 Å². The van der Waals surface area contributed by atoms with Crippen LogP contribution in [0.15, 0.2) is 12.5 Å². The van der Waals surface area contributed by atoms with Crippen molar-refractivity contribution in [2.75, 3.05) is 17.6 Å². The predicted molar refractivity (Wildman–Crippen MR) is 86.2 cm³/mol. The smallest absolute Gasteiger partial charge is 0.264 e. The molecule has 134 valence electrons. The molecule has 0 radical (unpaired) electrons. The molecule has 0 spiro atoms. The molecule has 0 saturated heterocycles. The number of nitrogens with two attached hydrogens (primary N) is 1. The molecule has 2 aromatic heterocycles. The third-order valence-electron chi connectivity index (χ3n) is 3.13. The molecule has 0 aromatic carbocycles. The molecule has 11 heteroatoms. The Morgan fingerprint density at radius 1 is 1.29 bits per heavy atom. The second kappa shape index (κ2) is 6.20. The minimum Gasteiger partial charge on any atom is -0.369 e. The number of hydrogen-bond donors (Lipinski definition) is 2. The summed E-state index contributed by atoms with van der Waals surface area (Å²) in [6, 6.07) is 0. The fourth-order valence-electron chi connectivity index (χ4n) is 2.31. The molecule has 0 unspecified atom stereocenters. The van der Waals surface area contributed by atoms with E-state index < -0.39 is 27.9 Å². The van der Waals surface area contributed by atoms with Gasteiger partial charge in [-0.1, -0.05) is 13.8 Å². The van der Waals surface area contributed by atoms with Gasteiger partial charge in [-0.3, -0.25) is 4.68 Å². The van der Waals surface area contributed by atoms with Crippen LogP contribution in [0, 0.1) is 5.41 Å². The maximum absolute atomic E-state index is 13.1. The number of alkyl halides is 2. The highest BCUT2D eigenvalue weighted by molar-refractivity contribution is 7.89. The van der Waals surface area contributed by atoms with Crippen LogP contribution in [-0.2, 0) is 16.6 Å². The van der Waals surface area contributed by atoms with Gasteiger partial charge in [0.05, 0.1) is 11.1 Å². The molecule has 0 bridgehead atoms. The average molecular weight is 362 g/mol. The van der Waals surface area contributed by atoms with Gasteiger partial charge in [0, 0.05) is 19.7 Å². The molecule has 0 aliphatic rings. The standard InChI is InChI=1S/C13H20F2N6O2S/c1-12(2,7-24(16,22)23)5-17-10-9-4-21(6-13(3,14)15)20-11(9)19-8-18-10/h4,8H,5-7H2,1-3H3,(H2,16,22,23)(H,17,18,19,20). The van der Waals surface area contributed by atoms with Crippen molar-refractivity contribution in [3.63, 3.8) is 0 Å². The minimum absolute atomic E-state index is 0.206. The van der Waals surface area contributed by atoms with E-state index in [-0.39, 0.29) is 17.9 Å². The van der Waals surface area contributed by atoms with Crippen LogP contribution in [0.1, 0.15) is 20.8 Å². The fourth-order valence-corrected chi connectivity index (χ4v) is 3.50. The summed E-state index contributed by atoms with van der Waals surface area (Å²) in [5.74, 6) is -2.71. The summed E-state index contributed by atoms with van der Waals surface area (Å²) in [6.45, 7) is 3.98. The Hall–Kier alpha value is -1.88. The van der Waals surface area contributed by atoms with E-state index in [2.05, 4.69) is 20.4 Å². The Bertz CT molecular complexity index is 829. The van der Waals surface area contributed by atoms with Crippen LogP contribution in [0.2, 0.25) is 0 Å². The maximum Gasteiger partial charge on any atom is 0.264 e. The fraction of sp³-hybridized carbons (Fsp3) is 0.615. The van der Waals surface area contributed by atoms with Gasteiger partial charge in [0.2, 0.25) is 10.0 Å². The number of nitrogens with one attached hydrogen (secondary N) is 1. The Morgan fingerprint density at radius 3 is 2.54 bits per heavy atom. The second-order valence-corrected chi connectivity index (χ2v) is 8.30. The molecule has 0 saturated carbocycles. The highest BCUT2D eigenvalue weighted by Crippen LogP contribution is 2.23. The number of fused-ring (bicyclic) bond motifs is 1. The van der Waals surface area contributed by atoms with Gasteiger partial charge in [-0.2, -0.15) is 5.10 Å². The number of anilines is 1. The van der Waals surface area contributed by atoms with Crippen molar-refractivity contribution >= 4 is 26.9 Å². The lowest BCUT2D eigenvalue weighted by Crippen LogP contribution is -2.34. The number of sulfonamides is 1. The lowest BCUT2D eigenvalue weighted by atomic mass is 9.96. The summed E-state index contributed by atoms with van der Waals surface area (Å²) < 4.78 is 49.8. The third-order valence-corrected chi connectivity index (χ3v) is 4.31. The minimum atomic E-state index is -3.62. The lowest BCUT2D eigenvalue weighted by Gasteiger charge is -2.23. The highest BCUT2D eigenvalue weighted by atomic mass is 32.2. The van der Waals surface area contributed by atoms with Crippen molar-refractivity contribution in [3.8, 4) is 0 Å². The number of nitrogens with zero attached hydrogens (tertiary/aromatic N) is 4. The van der Waals surface area contributed by atoms with E-state index in [9.17, 15) is 17.2 Å². The number of rotatable bonds is 7. The SMILES string of the molecule is CC(F)(F)Cn1cc2c(NCC(C)(C)CS(N)(=O)=O)ncnc2n1. The van der Waals surface area contributed by atoms with Gasteiger partial charge in [0.15, 0.2) is 5.65 Å². The molecule has 0 aliphatic heterocycles. The molecule has 0 amide bonds. The molecule has 3 N–H and O–H groups in total. The van der Waals surface area contributed by atoms with E-state index in [1.165, 1.54) is 12.5 Å². The van der Waals surface area contributed by atoms with Gasteiger partial charge in [0.25, 0.3) is 5.92 Å². The predicted octanol–water partition coefficient (Wildman–Crippen LogP) is 1.21. The summed E-state index contributed by atoms with van der Waals surface area (Å²) in [5, 5.41) is 12.6. The van der Waals surface area contributed by atoms with Crippen molar-refractivity contribution < 1.29 is 17.2 Å². The van der Waals surface area contributed by atoms with E-state index >= 15 is 0 Å². The summed E-state index contributed by atoms with van der Waals surface area (Å²) >= 11 is 0. The first-order valence-electron chi connectivity index (χ1n) is 7.15. The van der Waals surface area contributed by atoms with E-state index in [0.717, 1.165) is 11.6 Å². The third kappa shape index (κ3) is 5.34. The summed E-state index contributed by atoms with van der Waals surface area (Å²) in [6.07, 6.45) is 2.69. The Morgan fingerprint density at radius 2 is 1.96 bits per heavy atom. The van der Waals surface area contributed by atoms with Gasteiger partial charge >= 0.3 is 0 Å². The molecule has 24 heavy (non-hydrogen) atoms. The Balaban J connectivity index is 2.20. The molecule has 0 atom stereocenters. The first-order chi connectivity index (χ1) is 10.8. The summed E-state index contributed by atoms with van der Waals surface area (Å²) in [5.41, 5.74) is -0.363. The van der Waals surface area contributed by atoms with Crippen LogP contribution in [-0.4, -0.2) is 46.4 Å². The molecule has 2 rings (SSSR count). The number of hydrogen-bond acceptors (Lipinski definition) is 6. The topological polar surface area (TPSA) is 116 Å². The zero-order valence-corrected chi connectivity index (χ0v) is 14.4. The Labute approximate surface area is 138 Å². The average Bonchev–Trinajstić information content (AvgIpc) is 2.73. The van der Waals surface area contributed by atoms with Crippen molar-refractivity contribution in [3.05, 3.63) is 12.5 Å². The lowest BCUT2D eigenvalue weighted by molar-refractivity contribution is 0.000773. The number of aromatic nitrogens is 4. The molecular weight excluding hydrogens is 342 g/mol. The quantitative estimate of drug-likeness (QED) is 0.765. The highest BCUT2D eigenvalue weighted by Gasteiger charge is 2.25. The molecule has 0 fully saturated rings. The summed E-state index contributed by atoms with van der Waals surface area (Å²) in [7, 11) is -3.62. The molecule has 2 heterocycles. The van der Waals surface area contributed by atoms with Gasteiger partial charge in [0.1, 0.15) is 18.7 Å². The van der Waals surface area contributed by atoms with Crippen LogP contribution < -0.4 is 10.5 Å². The Kier molecular flexibility index (Phi) is 4.77. The first-order valence-corrected chi connectivity index (χ1v) is 8.87. The first kappa shape index (κ1) is 18.5. The molecule has 2 aromatic rings. The van der Waals surface area contributed by atoms with Crippen molar-refractivity contribution in [2.24, 2.45) is 10.6 Å². The van der Waals surface area contributed by atoms with Crippen molar-refractivity contribution in [2.45, 2.75) is 33.2 Å². The molecular formula is C13H20F2N6O2S. The van der Waals surface area contributed by atoms with E-state index in [0.29, 0.717) is 11.2 Å². The monoisotopic (exact) mass is 362 g/mol. The zero-order chi connectivity index (χ0) is 18.2. The van der Waals surface area contributed by atoms with Crippen LogP contribution in [0.25, 0.3) is 11.0 Å². The van der Waals surface area contributed by atoms with Gasteiger partial charge in [-0.25, -0.2) is 32.3 Å². The molecule has 8 nitrogen and oxygen atoms in total. The normalized spacial score (nSPS) is 13.4. The molecule has 0 aliphatic carbocycles. The van der Waals surface area contributed by atoms with Crippen LogP contribution in [0.5, 0.6) is 0 Å². The van der Waals surface area contributed by atoms with Crippen molar-refractivity contribution in [1.82, 2.24) is 19.7 Å². The zero-order valence-electron chi connectivity index (χ0n) is 13.6. The van der Waals surface area contributed by atoms with Crippen LogP contribution in [0.4, 0.5) is 14.6 Å². The largest absolute Gasteiger partial charge is 0.369 e. The van der Waals surface area contributed by atoms with Gasteiger partial charge in [-0.15, -0.1) is 0 Å². The second-order valence-electron chi connectivity index (χ2n) is 6.68. The van der Waals surface area contributed by atoms with Crippen LogP contribution >= 0.6 is 0 Å². The van der Waals surface area contributed by atoms with Gasteiger partial charge < -0.3 is 5.32 Å². The van der Waals surface area contributed by atoms with Gasteiger partial charge in [-0.05, 0) is 5.41 Å². The number of primary sulfonamides is 1. The van der Waals surface area contributed by atoms with Crippen molar-refractivity contribution in [1.29, 1.82) is 0 Å². The van der Waals surface area contributed by atoms with E-state index in [4.69, 9.17) is 5.14 Å². The summed E-state index contributed by atoms with van der Waals surface area (Å²) in [4.78, 5) is 8.03. The van der Waals surface area contributed by atoms with E-state index in [1.807, 2.05) is 0 Å². The maximum atomic E-state index is 13.1. The number of halogens is 2. The van der Waals surface area contributed by atoms with E-state index in [1.54, 1.807) is 13.8 Å².